The van der Waals surface area contributed by atoms with Crippen molar-refractivity contribution in [1.82, 2.24) is 0 Å². The van der Waals surface area contributed by atoms with Gasteiger partial charge in [0.05, 0.1) is 11.1 Å². The molecule has 3 aliphatic carbocycles. The number of benzene rings is 6. The molecular formula is C71H87BN2O. The van der Waals surface area contributed by atoms with Gasteiger partial charge in [0.2, 0.25) is 0 Å². The van der Waals surface area contributed by atoms with Crippen molar-refractivity contribution in [3.05, 3.63) is 134 Å². The van der Waals surface area contributed by atoms with Gasteiger partial charge >= 0.3 is 0 Å². The quantitative estimate of drug-likeness (QED) is 0.148. The molecule has 0 amide bonds. The zero-order chi connectivity index (χ0) is 53.6. The van der Waals surface area contributed by atoms with Gasteiger partial charge in [-0.15, -0.1) is 0 Å². The summed E-state index contributed by atoms with van der Waals surface area (Å²) in [4.78, 5) is 5.50. The molecule has 4 heteroatoms. The molecule has 0 radical (unpaired) electrons. The van der Waals surface area contributed by atoms with Crippen LogP contribution in [-0.4, -0.2) is 6.71 Å². The molecule has 0 bridgehead atoms. The van der Waals surface area contributed by atoms with Gasteiger partial charge in [-0.25, -0.2) is 0 Å². The van der Waals surface area contributed by atoms with Crippen LogP contribution in [0.3, 0.4) is 0 Å². The molecule has 0 N–H and O–H groups in total. The highest BCUT2D eigenvalue weighted by molar-refractivity contribution is 7.00. The van der Waals surface area contributed by atoms with E-state index in [2.05, 4.69) is 214 Å². The Kier molecular flexibility index (Phi) is 10.9. The minimum atomic E-state index is -0.00762. The van der Waals surface area contributed by atoms with Gasteiger partial charge in [-0.1, -0.05) is 148 Å². The number of aryl methyl sites for hydroxylation is 4. The fraction of sp³-hybridized carbons (Fsp3) is 0.493. The first-order chi connectivity index (χ1) is 35.0. The molecule has 12 rings (SSSR count). The van der Waals surface area contributed by atoms with Gasteiger partial charge in [0.1, 0.15) is 11.2 Å². The summed E-state index contributed by atoms with van der Waals surface area (Å²) < 4.78 is 7.24. The maximum Gasteiger partial charge on any atom is 0.252 e. The van der Waals surface area contributed by atoms with Crippen LogP contribution in [0.4, 0.5) is 34.1 Å². The second kappa shape index (κ2) is 16.2. The van der Waals surface area contributed by atoms with Crippen LogP contribution in [0.15, 0.2) is 77.2 Å². The van der Waals surface area contributed by atoms with Crippen LogP contribution in [0.1, 0.15) is 223 Å². The summed E-state index contributed by atoms with van der Waals surface area (Å²) >= 11 is 0. The molecule has 390 valence electrons. The zero-order valence-electron chi connectivity index (χ0n) is 49.7. The van der Waals surface area contributed by atoms with Gasteiger partial charge < -0.3 is 14.2 Å². The minimum Gasteiger partial charge on any atom is -0.456 e. The predicted octanol–water partition coefficient (Wildman–Crippen LogP) is 18.3. The first-order valence-electron chi connectivity index (χ1n) is 29.3. The fourth-order valence-electron chi connectivity index (χ4n) is 16.1. The van der Waals surface area contributed by atoms with Crippen molar-refractivity contribution >= 4 is 79.2 Å². The summed E-state index contributed by atoms with van der Waals surface area (Å²) in [5, 5.41) is 2.48. The summed E-state index contributed by atoms with van der Waals surface area (Å²) in [6.45, 7) is 46.5. The first-order valence-corrected chi connectivity index (χ1v) is 29.3. The van der Waals surface area contributed by atoms with E-state index in [9.17, 15) is 0 Å². The lowest BCUT2D eigenvalue weighted by atomic mass is 9.33. The van der Waals surface area contributed by atoms with Gasteiger partial charge in [0, 0.05) is 33.8 Å². The lowest BCUT2D eigenvalue weighted by Gasteiger charge is -2.47. The van der Waals surface area contributed by atoms with Crippen molar-refractivity contribution in [2.75, 3.05) is 9.80 Å². The zero-order valence-corrected chi connectivity index (χ0v) is 49.7. The average Bonchev–Trinajstić information content (AvgIpc) is 3.81. The Morgan fingerprint density at radius 3 is 1.65 bits per heavy atom. The summed E-state index contributed by atoms with van der Waals surface area (Å²) in [7, 11) is 0. The monoisotopic (exact) mass is 995 g/mol. The third-order valence-electron chi connectivity index (χ3n) is 20.6. The predicted molar refractivity (Wildman–Crippen MR) is 325 cm³/mol. The molecule has 3 nitrogen and oxygen atoms in total. The van der Waals surface area contributed by atoms with Crippen molar-refractivity contribution < 1.29 is 4.42 Å². The van der Waals surface area contributed by atoms with Crippen molar-refractivity contribution in [1.29, 1.82) is 0 Å². The van der Waals surface area contributed by atoms with E-state index in [1.54, 1.807) is 0 Å². The van der Waals surface area contributed by atoms with E-state index >= 15 is 0 Å². The van der Waals surface area contributed by atoms with Gasteiger partial charge in [0.25, 0.3) is 6.71 Å². The summed E-state index contributed by atoms with van der Waals surface area (Å²) in [6.07, 6.45) is 10.4. The Morgan fingerprint density at radius 2 is 1.04 bits per heavy atom. The third-order valence-corrected chi connectivity index (χ3v) is 20.6. The Bertz CT molecular complexity index is 3590. The van der Waals surface area contributed by atoms with Gasteiger partial charge in [-0.3, -0.25) is 0 Å². The molecule has 0 unspecified atom stereocenters. The third kappa shape index (κ3) is 7.32. The van der Waals surface area contributed by atoms with E-state index < -0.39 is 0 Å². The molecule has 5 aliphatic rings. The number of hydrogen-bond donors (Lipinski definition) is 0. The molecule has 2 aliphatic heterocycles. The molecule has 0 saturated heterocycles. The molecule has 75 heavy (non-hydrogen) atoms. The summed E-state index contributed by atoms with van der Waals surface area (Å²) in [5.74, 6) is 0. The number of hydrogen-bond acceptors (Lipinski definition) is 3. The molecule has 3 heterocycles. The van der Waals surface area contributed by atoms with E-state index in [1.165, 1.54) is 167 Å². The normalized spacial score (nSPS) is 19.9. The molecule has 1 aromatic heterocycles. The Balaban J connectivity index is 1.23. The number of anilines is 6. The van der Waals surface area contributed by atoms with Crippen molar-refractivity contribution in [2.24, 2.45) is 0 Å². The standard InChI is InChI=1S/C71H87BN2O/c1-20-22-25-65(6,7)46-32-42(4)55(34-44(46)21-2)74-59-31-41(3)30-58-63(59)72(53-23-24-60-62(64(53)74)45-35-48-52(39-61(45)75-60)69(14,15)29-27-67(48,10)11)54-36-49-51(71(18,19)40-70(49,16)17)38-57(54)73(58)56-37-50-47(33-43(56)5)66(8,9)26-28-68(50,12)13/h23-24,30-39H,20-22,25-29,40H2,1-19H3. The summed E-state index contributed by atoms with van der Waals surface area (Å²) in [6, 6.07) is 30.7. The largest absolute Gasteiger partial charge is 0.456 e. The van der Waals surface area contributed by atoms with Crippen molar-refractivity contribution in [3.63, 3.8) is 0 Å². The molecule has 0 atom stereocenters. The maximum atomic E-state index is 7.24. The van der Waals surface area contributed by atoms with Crippen LogP contribution in [0.2, 0.25) is 0 Å². The van der Waals surface area contributed by atoms with E-state index in [0.29, 0.717) is 0 Å². The molecule has 6 aromatic carbocycles. The SMILES string of the molecule is CCCCC(C)(C)c1cc(C)c(N2c3cc(C)cc4c3B(c3cc5c(cc3N4c3cc4c(cc3C)C(C)(C)CCC4(C)C)C(C)(C)CC5(C)C)c3ccc4oc5cc6c(cc5c4c32)C(C)(C)CCC6(C)C)cc1CC. The van der Waals surface area contributed by atoms with E-state index in [0.717, 1.165) is 24.0 Å². The van der Waals surface area contributed by atoms with Crippen LogP contribution >= 0.6 is 0 Å². The van der Waals surface area contributed by atoms with Crippen molar-refractivity contribution in [2.45, 2.75) is 227 Å². The minimum absolute atomic E-state index is 0.00762. The lowest BCUT2D eigenvalue weighted by molar-refractivity contribution is 0.332. The van der Waals surface area contributed by atoms with E-state index in [1.807, 2.05) is 0 Å². The number of rotatable bonds is 7. The number of unbranched alkanes of at least 4 members (excludes halogenated alkanes) is 1. The topological polar surface area (TPSA) is 19.6 Å². The Morgan fingerprint density at radius 1 is 0.520 bits per heavy atom. The van der Waals surface area contributed by atoms with Crippen LogP contribution < -0.4 is 26.2 Å². The number of fused-ring (bicyclic) bond motifs is 11. The lowest BCUT2D eigenvalue weighted by Crippen LogP contribution is -2.61. The van der Waals surface area contributed by atoms with Crippen LogP contribution in [0.25, 0.3) is 21.9 Å². The van der Waals surface area contributed by atoms with E-state index in [-0.39, 0.29) is 44.6 Å². The van der Waals surface area contributed by atoms with Gasteiger partial charge in [0.15, 0.2) is 0 Å². The molecular weight excluding hydrogens is 908 g/mol. The summed E-state index contributed by atoms with van der Waals surface area (Å²) in [5.41, 5.74) is 30.2. The first kappa shape index (κ1) is 50.6. The highest BCUT2D eigenvalue weighted by atomic mass is 16.3. The smallest absolute Gasteiger partial charge is 0.252 e. The van der Waals surface area contributed by atoms with Crippen LogP contribution in [0.5, 0.6) is 0 Å². The Hall–Kier alpha value is -5.22. The van der Waals surface area contributed by atoms with Crippen LogP contribution in [-0.2, 0) is 44.3 Å². The van der Waals surface area contributed by atoms with Crippen LogP contribution in [0, 0.1) is 20.8 Å². The fourth-order valence-corrected chi connectivity index (χ4v) is 16.1. The molecule has 7 aromatic rings. The van der Waals surface area contributed by atoms with Gasteiger partial charge in [-0.05, 0) is 230 Å². The Labute approximate surface area is 452 Å². The highest BCUT2D eigenvalue weighted by Crippen LogP contribution is 2.57. The number of nitrogens with zero attached hydrogens (tertiary/aromatic N) is 2. The second-order valence-corrected chi connectivity index (χ2v) is 29.5. The number of furan rings is 1. The highest BCUT2D eigenvalue weighted by Gasteiger charge is 2.50. The second-order valence-electron chi connectivity index (χ2n) is 29.5. The molecule has 0 fully saturated rings. The van der Waals surface area contributed by atoms with E-state index in [4.69, 9.17) is 4.42 Å². The molecule has 0 saturated carbocycles. The van der Waals surface area contributed by atoms with Crippen molar-refractivity contribution in [3.8, 4) is 0 Å². The van der Waals surface area contributed by atoms with Gasteiger partial charge in [-0.2, -0.15) is 0 Å². The average molecular weight is 995 g/mol. The molecule has 0 spiro atoms. The maximum absolute atomic E-state index is 7.24.